The average Bonchev–Trinajstić information content (AvgIpc) is 3.02. The maximum absolute atomic E-state index is 12.2. The summed E-state index contributed by atoms with van der Waals surface area (Å²) in [7, 11) is 0. The van der Waals surface area contributed by atoms with Crippen molar-refractivity contribution in [2.45, 2.75) is 38.5 Å². The number of esters is 1. The zero-order valence-electron chi connectivity index (χ0n) is 13.7. The van der Waals surface area contributed by atoms with Crippen LogP contribution in [0.4, 0.5) is 4.79 Å². The number of hydroxylamine groups is 2. The maximum atomic E-state index is 12.2. The Balaban J connectivity index is 0.00000288. The van der Waals surface area contributed by atoms with Crippen LogP contribution in [0.25, 0.3) is 0 Å². The number of rotatable bonds is 5. The van der Waals surface area contributed by atoms with Crippen molar-refractivity contribution in [2.75, 3.05) is 13.2 Å². The van der Waals surface area contributed by atoms with Gasteiger partial charge in [-0.2, -0.15) is 5.06 Å². The van der Waals surface area contributed by atoms with Gasteiger partial charge < -0.3 is 24.7 Å². The number of ether oxygens (including phenoxy) is 2. The third-order valence-electron chi connectivity index (χ3n) is 3.31. The standard InChI is InChI=1S/C13H18N2O8.Na/c1-7(2)5-21-12(20)14-8-6-22-15(10(8)17)13(11(18)19)4-3-9(16)23-13;/h7-8H,3-6H2,1-2H3,(H,14,20)(H,18,19);/q;+1/p-1/t8-,13?;/m0./s1. The van der Waals surface area contributed by atoms with E-state index in [0.717, 1.165) is 0 Å². The first-order valence-electron chi connectivity index (χ1n) is 7.10. The number of hydrogen-bond acceptors (Lipinski definition) is 8. The Kier molecular flexibility index (Phi) is 7.02. The van der Waals surface area contributed by atoms with Crippen LogP contribution in [-0.4, -0.2) is 54.0 Å². The first kappa shape index (κ1) is 20.7. The van der Waals surface area contributed by atoms with Gasteiger partial charge in [0.25, 0.3) is 11.6 Å². The Morgan fingerprint density at radius 3 is 2.62 bits per heavy atom. The molecule has 2 aliphatic rings. The second kappa shape index (κ2) is 8.15. The van der Waals surface area contributed by atoms with Crippen molar-refractivity contribution in [1.29, 1.82) is 0 Å². The molecule has 2 rings (SSSR count). The number of cyclic esters (lactones) is 1. The molecule has 10 nitrogen and oxygen atoms in total. The van der Waals surface area contributed by atoms with Crippen molar-refractivity contribution in [1.82, 2.24) is 10.4 Å². The molecule has 2 atom stereocenters. The van der Waals surface area contributed by atoms with Gasteiger partial charge in [0.1, 0.15) is 18.6 Å². The fourth-order valence-corrected chi connectivity index (χ4v) is 2.17. The molecule has 0 aromatic heterocycles. The van der Waals surface area contributed by atoms with E-state index in [1.54, 1.807) is 0 Å². The van der Waals surface area contributed by atoms with Crippen LogP contribution >= 0.6 is 0 Å². The van der Waals surface area contributed by atoms with Crippen LogP contribution in [0.5, 0.6) is 0 Å². The van der Waals surface area contributed by atoms with Crippen LogP contribution in [0, 0.1) is 5.92 Å². The molecule has 0 aromatic carbocycles. The van der Waals surface area contributed by atoms with Gasteiger partial charge in [0.2, 0.25) is 0 Å². The van der Waals surface area contributed by atoms with Crippen LogP contribution in [0.1, 0.15) is 26.7 Å². The molecule has 2 saturated heterocycles. The van der Waals surface area contributed by atoms with Gasteiger partial charge in [-0.3, -0.25) is 14.4 Å². The van der Waals surface area contributed by atoms with Crippen molar-refractivity contribution >= 4 is 23.9 Å². The zero-order valence-corrected chi connectivity index (χ0v) is 15.7. The molecule has 11 heteroatoms. The van der Waals surface area contributed by atoms with Crippen molar-refractivity contribution in [2.24, 2.45) is 5.92 Å². The number of carbonyl (C=O) groups is 4. The molecule has 1 unspecified atom stereocenters. The number of nitrogens with one attached hydrogen (secondary N) is 1. The predicted octanol–water partition coefficient (Wildman–Crippen LogP) is -4.70. The van der Waals surface area contributed by atoms with Gasteiger partial charge in [-0.05, 0) is 5.92 Å². The van der Waals surface area contributed by atoms with Crippen LogP contribution in [0.15, 0.2) is 0 Å². The Hall–Kier alpha value is -1.36. The van der Waals surface area contributed by atoms with E-state index >= 15 is 0 Å². The van der Waals surface area contributed by atoms with E-state index in [-0.39, 0.29) is 61.5 Å². The van der Waals surface area contributed by atoms with Crippen LogP contribution < -0.4 is 40.0 Å². The van der Waals surface area contributed by atoms with E-state index in [4.69, 9.17) is 14.3 Å². The number of nitrogens with zero attached hydrogens (tertiary/aromatic N) is 1. The summed E-state index contributed by atoms with van der Waals surface area (Å²) in [5, 5.41) is 14.1. The Bertz CT molecular complexity index is 540. The number of amides is 2. The molecule has 2 fully saturated rings. The van der Waals surface area contributed by atoms with E-state index in [1.807, 2.05) is 13.8 Å². The fraction of sp³-hybridized carbons (Fsp3) is 0.692. The molecule has 0 bridgehead atoms. The quantitative estimate of drug-likeness (QED) is 0.385. The van der Waals surface area contributed by atoms with E-state index in [1.165, 1.54) is 0 Å². The predicted molar refractivity (Wildman–Crippen MR) is 69.0 cm³/mol. The summed E-state index contributed by atoms with van der Waals surface area (Å²) in [6.45, 7) is 3.55. The summed E-state index contributed by atoms with van der Waals surface area (Å²) in [6, 6.07) is -1.13. The molecule has 2 amide bonds. The Morgan fingerprint density at radius 1 is 1.46 bits per heavy atom. The number of carboxylic acid groups (broad SMARTS) is 1. The molecule has 2 heterocycles. The molecule has 0 aliphatic carbocycles. The second-order valence-electron chi connectivity index (χ2n) is 5.66. The van der Waals surface area contributed by atoms with Gasteiger partial charge in [0.05, 0.1) is 13.0 Å². The third kappa shape index (κ3) is 4.18. The summed E-state index contributed by atoms with van der Waals surface area (Å²) < 4.78 is 9.61. The van der Waals surface area contributed by atoms with Gasteiger partial charge in [-0.25, -0.2) is 4.79 Å². The SMILES string of the molecule is CC(C)COC(=O)N[C@H]1CON(C2(C(=O)[O-])CCC(=O)O2)C1=O.[Na+]. The van der Waals surface area contributed by atoms with Gasteiger partial charge in [0, 0.05) is 6.42 Å². The molecule has 1 N–H and O–H groups in total. The summed E-state index contributed by atoms with van der Waals surface area (Å²) >= 11 is 0. The van der Waals surface area contributed by atoms with E-state index in [0.29, 0.717) is 5.06 Å². The Morgan fingerprint density at radius 2 is 2.12 bits per heavy atom. The minimum absolute atomic E-state index is 0. The van der Waals surface area contributed by atoms with Gasteiger partial charge >= 0.3 is 41.6 Å². The molecule has 0 radical (unpaired) electrons. The number of carbonyl (C=O) groups excluding carboxylic acids is 4. The minimum atomic E-state index is -2.30. The molecule has 128 valence electrons. The van der Waals surface area contributed by atoms with Crippen LogP contribution in [0.3, 0.4) is 0 Å². The van der Waals surface area contributed by atoms with Crippen LogP contribution in [-0.2, 0) is 28.7 Å². The number of aliphatic carboxylic acids is 1. The Labute approximate surface area is 160 Å². The number of carboxylic acids is 1. The van der Waals surface area contributed by atoms with Crippen molar-refractivity contribution in [3.05, 3.63) is 0 Å². The monoisotopic (exact) mass is 352 g/mol. The van der Waals surface area contributed by atoms with Crippen LogP contribution in [0.2, 0.25) is 0 Å². The third-order valence-corrected chi connectivity index (χ3v) is 3.31. The smallest absolute Gasteiger partial charge is 0.544 e. The summed E-state index contributed by atoms with van der Waals surface area (Å²) in [5.41, 5.74) is -2.30. The van der Waals surface area contributed by atoms with Gasteiger partial charge in [-0.15, -0.1) is 0 Å². The zero-order chi connectivity index (χ0) is 17.2. The first-order valence-corrected chi connectivity index (χ1v) is 7.10. The van der Waals surface area contributed by atoms with Crippen molar-refractivity contribution in [3.8, 4) is 0 Å². The van der Waals surface area contributed by atoms with Crippen molar-refractivity contribution < 1.29 is 68.2 Å². The maximum Gasteiger partial charge on any atom is 1.00 e. The van der Waals surface area contributed by atoms with Crippen molar-refractivity contribution in [3.63, 3.8) is 0 Å². The van der Waals surface area contributed by atoms with Gasteiger partial charge in [-0.1, -0.05) is 13.8 Å². The number of alkyl carbamates (subject to hydrolysis) is 1. The second-order valence-corrected chi connectivity index (χ2v) is 5.66. The van der Waals surface area contributed by atoms with E-state index < -0.39 is 35.7 Å². The van der Waals surface area contributed by atoms with E-state index in [9.17, 15) is 24.3 Å². The summed E-state index contributed by atoms with van der Waals surface area (Å²) in [5.74, 6) is -3.28. The van der Waals surface area contributed by atoms with E-state index in [2.05, 4.69) is 5.32 Å². The molecular formula is C13H17N2NaO8. The molecule has 0 aromatic rings. The number of hydrogen-bond donors (Lipinski definition) is 1. The fourth-order valence-electron chi connectivity index (χ4n) is 2.17. The van der Waals surface area contributed by atoms with Gasteiger partial charge in [0.15, 0.2) is 0 Å². The molecule has 24 heavy (non-hydrogen) atoms. The molecule has 2 aliphatic heterocycles. The normalized spacial score (nSPS) is 26.1. The topological polar surface area (TPSA) is 134 Å². The molecule has 0 saturated carbocycles. The average molecular weight is 352 g/mol. The first-order chi connectivity index (χ1) is 10.8. The minimum Gasteiger partial charge on any atom is -0.544 e. The molecular weight excluding hydrogens is 335 g/mol. The summed E-state index contributed by atoms with van der Waals surface area (Å²) in [4.78, 5) is 51.4. The summed E-state index contributed by atoms with van der Waals surface area (Å²) in [6.07, 6.45) is -1.30. The largest absolute Gasteiger partial charge is 1.00 e. The molecule has 0 spiro atoms.